The molecular weight excluding hydrogens is 672 g/mol. The maximum absolute atomic E-state index is 13.5. The van der Waals surface area contributed by atoms with Gasteiger partial charge in [0, 0.05) is 12.8 Å². The smallest absolute Gasteiger partial charge is 0.386 e. The van der Waals surface area contributed by atoms with Crippen molar-refractivity contribution in [1.82, 2.24) is 34.1 Å². The highest BCUT2D eigenvalue weighted by atomic mass is 31.2. The molecule has 7 rings (SSSR count). The summed E-state index contributed by atoms with van der Waals surface area (Å²) < 4.78 is 68.7. The van der Waals surface area contributed by atoms with Gasteiger partial charge in [-0.3, -0.25) is 32.4 Å². The molecule has 0 aliphatic carbocycles. The molecule has 0 saturated carbocycles. The predicted molar refractivity (Wildman–Crippen MR) is 155 cm³/mol. The number of nitrogen functional groups attached to an aromatic ring is 2. The number of nitrogens with zero attached hydrogens (tertiary/aromatic N) is 6. The van der Waals surface area contributed by atoms with Gasteiger partial charge in [-0.15, -0.1) is 0 Å². The van der Waals surface area contributed by atoms with Crippen LogP contribution in [0.5, 0.6) is 0 Å². The Bertz CT molecular complexity index is 1970. The number of fused-ring (bicyclic) bond motifs is 5. The van der Waals surface area contributed by atoms with Crippen LogP contribution in [0, 0.1) is 0 Å². The van der Waals surface area contributed by atoms with E-state index in [9.17, 15) is 28.8 Å². The fourth-order valence-corrected chi connectivity index (χ4v) is 7.71. The maximum Gasteiger partial charge on any atom is 0.472 e. The zero-order valence-electron chi connectivity index (χ0n) is 24.2. The molecule has 22 nitrogen and oxygen atoms in total. The first-order valence-corrected chi connectivity index (χ1v) is 17.1. The molecule has 0 spiro atoms. The van der Waals surface area contributed by atoms with Gasteiger partial charge in [0.2, 0.25) is 5.95 Å². The van der Waals surface area contributed by atoms with Gasteiger partial charge in [-0.05, 0) is 13.0 Å². The number of hydrogen-bond acceptors (Lipinski definition) is 17. The number of aliphatic hydroxyl groups excluding tert-OH is 1. The molecule has 4 aromatic heterocycles. The lowest BCUT2D eigenvalue weighted by molar-refractivity contribution is -0.0677. The average molecular weight is 701 g/mol. The average Bonchev–Trinajstić information content (AvgIpc) is 3.76. The Labute approximate surface area is 262 Å². The van der Waals surface area contributed by atoms with E-state index in [0.717, 1.165) is 0 Å². The van der Waals surface area contributed by atoms with Crippen molar-refractivity contribution in [3.8, 4) is 0 Å². The molecule has 3 aliphatic heterocycles. The van der Waals surface area contributed by atoms with E-state index in [1.807, 2.05) is 0 Å². The molecule has 3 fully saturated rings. The molecule has 3 saturated heterocycles. The number of imidazole rings is 1. The van der Waals surface area contributed by atoms with E-state index < -0.39 is 83.5 Å². The second-order valence-electron chi connectivity index (χ2n) is 10.7. The lowest BCUT2D eigenvalue weighted by Crippen LogP contribution is -2.38. The number of rotatable bonds is 4. The van der Waals surface area contributed by atoms with E-state index in [1.54, 1.807) is 13.0 Å². The van der Waals surface area contributed by atoms with Crippen molar-refractivity contribution in [1.29, 1.82) is 0 Å². The van der Waals surface area contributed by atoms with Crippen LogP contribution >= 0.6 is 15.6 Å². The van der Waals surface area contributed by atoms with Crippen LogP contribution in [-0.4, -0.2) is 105 Å². The van der Waals surface area contributed by atoms with E-state index in [-0.39, 0.29) is 35.2 Å². The van der Waals surface area contributed by atoms with Gasteiger partial charge in [0.05, 0.1) is 24.9 Å². The number of H-pyrrole nitrogens is 1. The van der Waals surface area contributed by atoms with Crippen LogP contribution in [0.25, 0.3) is 22.2 Å². The van der Waals surface area contributed by atoms with Gasteiger partial charge >= 0.3 is 15.6 Å². The number of nitrogens with two attached hydrogens (primary N) is 2. The van der Waals surface area contributed by atoms with E-state index in [2.05, 4.69) is 24.9 Å². The molecule has 47 heavy (non-hydrogen) atoms. The summed E-state index contributed by atoms with van der Waals surface area (Å²) in [5.74, 6) is -0.0849. The van der Waals surface area contributed by atoms with Crippen molar-refractivity contribution in [3.05, 3.63) is 35.3 Å². The molecular formula is C23H29N9O13P2. The summed E-state index contributed by atoms with van der Waals surface area (Å²) >= 11 is 0. The summed E-state index contributed by atoms with van der Waals surface area (Å²) in [6.45, 7) is 0.243. The lowest BCUT2D eigenvalue weighted by atomic mass is 10.1. The standard InChI is InChI=1S/C23H29N9O13P2/c1-2-39-15-11-6-41-46(35,36)44-14-10(42-21(13(14)33)31-4-3-9-17(24)26-7-27-18(9)31)5-40-47(37,38)45-16(15)22(43-11)32-8-28-12-19(32)29-23(25)30-20(12)34/h3-4,7-8,10-11,13-16,21-22,33H,2,5-6H2,1H3,(H,35,36)(H,37,38)(H2,24,26,27)(H3,25,29,30,34)/t10-,11-,13+,14?,15+,16?,21-,22-/m1/s1. The molecule has 8 N–H and O–H groups in total. The minimum Gasteiger partial charge on any atom is -0.386 e. The molecule has 0 radical (unpaired) electrons. The highest BCUT2D eigenvalue weighted by Crippen LogP contribution is 2.54. The Morgan fingerprint density at radius 3 is 2.45 bits per heavy atom. The van der Waals surface area contributed by atoms with Gasteiger partial charge in [0.25, 0.3) is 5.56 Å². The number of anilines is 2. The normalized spacial score (nSPS) is 36.6. The Hall–Kier alpha value is -3.37. The number of nitrogens with one attached hydrogen (secondary N) is 1. The number of aromatic nitrogens is 7. The van der Waals surface area contributed by atoms with Crippen LogP contribution in [0.15, 0.2) is 29.7 Å². The van der Waals surface area contributed by atoms with Crippen LogP contribution < -0.4 is 17.0 Å². The summed E-state index contributed by atoms with van der Waals surface area (Å²) in [5, 5.41) is 11.7. The second kappa shape index (κ2) is 11.9. The Morgan fingerprint density at radius 2 is 1.70 bits per heavy atom. The third-order valence-electron chi connectivity index (χ3n) is 7.81. The van der Waals surface area contributed by atoms with Gasteiger partial charge in [0.1, 0.15) is 54.4 Å². The van der Waals surface area contributed by atoms with Gasteiger partial charge in [-0.25, -0.2) is 24.1 Å². The van der Waals surface area contributed by atoms with Crippen LogP contribution in [0.2, 0.25) is 0 Å². The third kappa shape index (κ3) is 5.86. The van der Waals surface area contributed by atoms with Crippen molar-refractivity contribution in [3.63, 3.8) is 0 Å². The fourth-order valence-electron chi connectivity index (χ4n) is 5.82. The van der Waals surface area contributed by atoms with Gasteiger partial charge < -0.3 is 45.1 Å². The van der Waals surface area contributed by atoms with Crippen LogP contribution in [-0.2, 0) is 41.4 Å². The van der Waals surface area contributed by atoms with Gasteiger partial charge in [-0.1, -0.05) is 0 Å². The van der Waals surface area contributed by atoms with Crippen molar-refractivity contribution >= 4 is 49.6 Å². The summed E-state index contributed by atoms with van der Waals surface area (Å²) in [4.78, 5) is 52.6. The quantitative estimate of drug-likeness (QED) is 0.143. The molecule has 0 aromatic carbocycles. The van der Waals surface area contributed by atoms with Gasteiger partial charge in [0.15, 0.2) is 23.6 Å². The molecule has 10 atom stereocenters. The number of aromatic amines is 1. The number of phosphoric ester groups is 2. The molecule has 0 amide bonds. The summed E-state index contributed by atoms with van der Waals surface area (Å²) in [6, 6.07) is 1.58. The van der Waals surface area contributed by atoms with Crippen molar-refractivity contribution in [2.24, 2.45) is 0 Å². The first-order valence-electron chi connectivity index (χ1n) is 14.1. The number of hydrogen-bond donors (Lipinski definition) is 6. The van der Waals surface area contributed by atoms with E-state index in [1.165, 1.54) is 28.0 Å². The fraction of sp³-hybridized carbons (Fsp3) is 0.522. The summed E-state index contributed by atoms with van der Waals surface area (Å²) in [7, 11) is -10.1. The molecule has 7 heterocycles. The SMILES string of the molecule is CCO[C@@H]1C2OP(=O)(O)OC[C@H]3O[C@@H](n4ccc5c(N)ncnc54)[C@@H](O)C3OP(=O)(O)OC[C@H]1O[C@H]2n1cnc2c(=O)[nH]c(N)nc21. The highest BCUT2D eigenvalue weighted by Gasteiger charge is 2.54. The number of phosphoric acid groups is 2. The first-order chi connectivity index (χ1) is 22.4. The van der Waals surface area contributed by atoms with E-state index in [4.69, 9.17) is 43.8 Å². The second-order valence-corrected chi connectivity index (χ2v) is 13.5. The molecule has 3 aliphatic rings. The largest absolute Gasteiger partial charge is 0.472 e. The Morgan fingerprint density at radius 1 is 1.00 bits per heavy atom. The topological polar surface area (TPSA) is 306 Å². The van der Waals surface area contributed by atoms with Crippen molar-refractivity contribution in [2.75, 3.05) is 31.3 Å². The van der Waals surface area contributed by atoms with E-state index >= 15 is 0 Å². The maximum atomic E-state index is 13.5. The van der Waals surface area contributed by atoms with Crippen LogP contribution in [0.3, 0.4) is 0 Å². The Kier molecular flexibility index (Phi) is 8.18. The zero-order valence-corrected chi connectivity index (χ0v) is 26.0. The molecule has 4 unspecified atom stereocenters. The lowest BCUT2D eigenvalue weighted by Gasteiger charge is -2.26. The molecule has 4 aromatic rings. The highest BCUT2D eigenvalue weighted by molar-refractivity contribution is 7.47. The zero-order chi connectivity index (χ0) is 33.2. The monoisotopic (exact) mass is 701 g/mol. The van der Waals surface area contributed by atoms with Crippen molar-refractivity contribution in [2.45, 2.75) is 56.0 Å². The first kappa shape index (κ1) is 32.2. The summed E-state index contributed by atoms with van der Waals surface area (Å²) in [6.07, 6.45) is -7.33. The Balaban J connectivity index is 1.23. The molecule has 24 heteroatoms. The van der Waals surface area contributed by atoms with Gasteiger partial charge in [-0.2, -0.15) is 4.98 Å². The van der Waals surface area contributed by atoms with Crippen molar-refractivity contribution < 1.29 is 56.3 Å². The van der Waals surface area contributed by atoms with Crippen LogP contribution in [0.4, 0.5) is 11.8 Å². The molecule has 254 valence electrons. The third-order valence-corrected chi connectivity index (χ3v) is 9.78. The van der Waals surface area contributed by atoms with Crippen LogP contribution in [0.1, 0.15) is 19.4 Å². The minimum absolute atomic E-state index is 0.0483. The summed E-state index contributed by atoms with van der Waals surface area (Å²) in [5.41, 5.74) is 11.1. The molecule has 2 bridgehead atoms. The van der Waals surface area contributed by atoms with E-state index in [0.29, 0.717) is 5.39 Å². The predicted octanol–water partition coefficient (Wildman–Crippen LogP) is -0.692. The number of ether oxygens (including phenoxy) is 3. The minimum atomic E-state index is -5.05. The number of aliphatic hydroxyl groups is 1.